The summed E-state index contributed by atoms with van der Waals surface area (Å²) in [5.41, 5.74) is 0.415. The maximum absolute atomic E-state index is 5.85. The Hall–Kier alpha value is -0.900. The van der Waals surface area contributed by atoms with Gasteiger partial charge in [0, 0.05) is 6.04 Å². The SMILES string of the molecule is Cc1nc(Cl)nc(N[C@H]2CC[C@@H](C(C)(C)C)CC2)n1. The van der Waals surface area contributed by atoms with E-state index in [1.165, 1.54) is 25.7 Å². The Morgan fingerprint density at radius 1 is 1.05 bits per heavy atom. The van der Waals surface area contributed by atoms with Crippen LogP contribution in [0, 0.1) is 18.3 Å². The molecule has 1 fully saturated rings. The Morgan fingerprint density at radius 3 is 2.21 bits per heavy atom. The second-order valence-corrected chi connectivity index (χ2v) is 6.87. The van der Waals surface area contributed by atoms with E-state index in [1.807, 2.05) is 6.92 Å². The van der Waals surface area contributed by atoms with Crippen molar-refractivity contribution in [2.24, 2.45) is 11.3 Å². The van der Waals surface area contributed by atoms with Crippen LogP contribution >= 0.6 is 11.6 Å². The Balaban J connectivity index is 1.92. The lowest BCUT2D eigenvalue weighted by Crippen LogP contribution is -2.32. The van der Waals surface area contributed by atoms with Gasteiger partial charge in [0.05, 0.1) is 0 Å². The van der Waals surface area contributed by atoms with E-state index in [0.717, 1.165) is 5.92 Å². The van der Waals surface area contributed by atoms with Gasteiger partial charge in [-0.1, -0.05) is 20.8 Å². The molecule has 106 valence electrons. The predicted octanol–water partition coefficient (Wildman–Crippen LogP) is 3.85. The molecule has 0 unspecified atom stereocenters. The minimum atomic E-state index is 0.262. The minimum Gasteiger partial charge on any atom is -0.351 e. The van der Waals surface area contributed by atoms with E-state index in [-0.39, 0.29) is 5.28 Å². The molecule has 1 aliphatic carbocycles. The van der Waals surface area contributed by atoms with Crippen molar-refractivity contribution in [3.8, 4) is 0 Å². The monoisotopic (exact) mass is 282 g/mol. The molecular weight excluding hydrogens is 260 g/mol. The highest BCUT2D eigenvalue weighted by molar-refractivity contribution is 6.28. The standard InChI is InChI=1S/C14H23ClN4/c1-9-16-12(15)19-13(17-9)18-11-7-5-10(6-8-11)14(2,3)4/h10-11H,5-8H2,1-4H3,(H,16,17,18,19)/t10-,11+. The molecule has 0 bridgehead atoms. The minimum absolute atomic E-state index is 0.262. The smallest absolute Gasteiger partial charge is 0.227 e. The van der Waals surface area contributed by atoms with Crippen LogP contribution < -0.4 is 5.32 Å². The summed E-state index contributed by atoms with van der Waals surface area (Å²) >= 11 is 5.85. The van der Waals surface area contributed by atoms with Gasteiger partial charge in [0.2, 0.25) is 11.2 Å². The third kappa shape index (κ3) is 4.03. The topological polar surface area (TPSA) is 50.7 Å². The van der Waals surface area contributed by atoms with Crippen molar-refractivity contribution < 1.29 is 0 Å². The summed E-state index contributed by atoms with van der Waals surface area (Å²) in [5, 5.41) is 3.65. The van der Waals surface area contributed by atoms with Gasteiger partial charge in [-0.2, -0.15) is 9.97 Å². The number of halogens is 1. The van der Waals surface area contributed by atoms with E-state index in [2.05, 4.69) is 41.0 Å². The zero-order valence-corrected chi connectivity index (χ0v) is 13.0. The fraction of sp³-hybridized carbons (Fsp3) is 0.786. The highest BCUT2D eigenvalue weighted by Crippen LogP contribution is 2.38. The van der Waals surface area contributed by atoms with E-state index >= 15 is 0 Å². The number of rotatable bonds is 2. The molecule has 1 aromatic heterocycles. The number of nitrogens with one attached hydrogen (secondary N) is 1. The molecule has 1 N–H and O–H groups in total. The van der Waals surface area contributed by atoms with Gasteiger partial charge in [0.15, 0.2) is 0 Å². The average molecular weight is 283 g/mol. The van der Waals surface area contributed by atoms with Crippen molar-refractivity contribution in [1.29, 1.82) is 0 Å². The van der Waals surface area contributed by atoms with Crippen LogP contribution in [-0.4, -0.2) is 21.0 Å². The zero-order chi connectivity index (χ0) is 14.0. The highest BCUT2D eigenvalue weighted by Gasteiger charge is 2.29. The van der Waals surface area contributed by atoms with Crippen LogP contribution in [0.3, 0.4) is 0 Å². The normalized spacial score (nSPS) is 24.3. The lowest BCUT2D eigenvalue weighted by Gasteiger charge is -2.37. The van der Waals surface area contributed by atoms with Gasteiger partial charge in [-0.25, -0.2) is 4.98 Å². The maximum atomic E-state index is 5.85. The third-order valence-corrected chi connectivity index (χ3v) is 4.17. The van der Waals surface area contributed by atoms with Crippen molar-refractivity contribution in [3.05, 3.63) is 11.1 Å². The van der Waals surface area contributed by atoms with Crippen LogP contribution in [0.25, 0.3) is 0 Å². The van der Waals surface area contributed by atoms with Crippen molar-refractivity contribution in [2.75, 3.05) is 5.32 Å². The largest absolute Gasteiger partial charge is 0.351 e. The van der Waals surface area contributed by atoms with Crippen LogP contribution in [0.4, 0.5) is 5.95 Å². The van der Waals surface area contributed by atoms with E-state index in [9.17, 15) is 0 Å². The number of anilines is 1. The molecule has 0 radical (unpaired) electrons. The van der Waals surface area contributed by atoms with Gasteiger partial charge < -0.3 is 5.32 Å². The van der Waals surface area contributed by atoms with Gasteiger partial charge in [0.25, 0.3) is 0 Å². The fourth-order valence-electron chi connectivity index (χ4n) is 2.80. The number of aryl methyl sites for hydroxylation is 1. The molecule has 0 saturated heterocycles. The molecule has 19 heavy (non-hydrogen) atoms. The first kappa shape index (κ1) is 14.5. The number of aromatic nitrogens is 3. The lowest BCUT2D eigenvalue weighted by molar-refractivity contribution is 0.173. The summed E-state index contributed by atoms with van der Waals surface area (Å²) in [6, 6.07) is 0.455. The molecule has 0 aromatic carbocycles. The van der Waals surface area contributed by atoms with Crippen LogP contribution in [0.2, 0.25) is 5.28 Å². The molecule has 1 heterocycles. The summed E-state index contributed by atoms with van der Waals surface area (Å²) in [6.45, 7) is 8.83. The summed E-state index contributed by atoms with van der Waals surface area (Å²) < 4.78 is 0. The van der Waals surface area contributed by atoms with E-state index in [4.69, 9.17) is 11.6 Å². The number of nitrogens with zero attached hydrogens (tertiary/aromatic N) is 3. The number of hydrogen-bond donors (Lipinski definition) is 1. The van der Waals surface area contributed by atoms with Crippen LogP contribution in [-0.2, 0) is 0 Å². The Kier molecular flexibility index (Phi) is 4.29. The number of hydrogen-bond acceptors (Lipinski definition) is 4. The fourth-order valence-corrected chi connectivity index (χ4v) is 3.00. The molecule has 1 aliphatic rings. The molecule has 1 aromatic rings. The van der Waals surface area contributed by atoms with Gasteiger partial charge in [-0.3, -0.25) is 0 Å². The quantitative estimate of drug-likeness (QED) is 0.895. The molecule has 0 amide bonds. The van der Waals surface area contributed by atoms with Crippen LogP contribution in [0.5, 0.6) is 0 Å². The molecule has 4 nitrogen and oxygen atoms in total. The lowest BCUT2D eigenvalue weighted by atomic mass is 9.71. The van der Waals surface area contributed by atoms with Crippen molar-refractivity contribution in [2.45, 2.75) is 59.4 Å². The summed E-state index contributed by atoms with van der Waals surface area (Å²) in [5.74, 6) is 2.08. The molecule has 0 spiro atoms. The molecule has 5 heteroatoms. The maximum Gasteiger partial charge on any atom is 0.227 e. The van der Waals surface area contributed by atoms with Crippen molar-refractivity contribution >= 4 is 17.5 Å². The van der Waals surface area contributed by atoms with Gasteiger partial charge in [-0.15, -0.1) is 0 Å². The Bertz CT molecular complexity index is 413. The van der Waals surface area contributed by atoms with Gasteiger partial charge in [-0.05, 0) is 55.5 Å². The Labute approximate surface area is 120 Å². The van der Waals surface area contributed by atoms with Gasteiger partial charge >= 0.3 is 0 Å². The zero-order valence-electron chi connectivity index (χ0n) is 12.2. The first-order valence-corrected chi connectivity index (χ1v) is 7.37. The summed E-state index contributed by atoms with van der Waals surface area (Å²) in [6.07, 6.45) is 4.87. The van der Waals surface area contributed by atoms with Gasteiger partial charge in [0.1, 0.15) is 5.82 Å². The Morgan fingerprint density at radius 2 is 1.68 bits per heavy atom. The summed E-state index contributed by atoms with van der Waals surface area (Å²) in [7, 11) is 0. The van der Waals surface area contributed by atoms with E-state index in [1.54, 1.807) is 0 Å². The molecule has 2 rings (SSSR count). The molecule has 1 saturated carbocycles. The van der Waals surface area contributed by atoms with Crippen LogP contribution in [0.1, 0.15) is 52.3 Å². The first-order valence-electron chi connectivity index (χ1n) is 6.99. The first-order chi connectivity index (χ1) is 8.84. The van der Waals surface area contributed by atoms with Crippen molar-refractivity contribution in [1.82, 2.24) is 15.0 Å². The predicted molar refractivity (Wildman–Crippen MR) is 78.4 cm³/mol. The second kappa shape index (κ2) is 5.61. The third-order valence-electron chi connectivity index (χ3n) is 4.01. The van der Waals surface area contributed by atoms with Crippen LogP contribution in [0.15, 0.2) is 0 Å². The summed E-state index contributed by atoms with van der Waals surface area (Å²) in [4.78, 5) is 12.4. The van der Waals surface area contributed by atoms with E-state index in [0.29, 0.717) is 23.2 Å². The van der Waals surface area contributed by atoms with E-state index < -0.39 is 0 Å². The molecule has 0 aliphatic heterocycles. The molecular formula is C14H23ClN4. The molecule has 0 atom stereocenters. The van der Waals surface area contributed by atoms with Crippen molar-refractivity contribution in [3.63, 3.8) is 0 Å². The highest BCUT2D eigenvalue weighted by atomic mass is 35.5. The second-order valence-electron chi connectivity index (χ2n) is 6.53. The average Bonchev–Trinajstić information content (AvgIpc) is 2.26.